The third-order valence-electron chi connectivity index (χ3n) is 4.48. The van der Waals surface area contributed by atoms with Crippen LogP contribution in [0.1, 0.15) is 20.8 Å². The molecule has 1 aromatic heterocycles. The minimum Gasteiger partial charge on any atom is -0.444 e. The molecule has 132 valence electrons. The Balaban J connectivity index is 1.44. The molecule has 2 aliphatic heterocycles. The van der Waals surface area contributed by atoms with Gasteiger partial charge in [-0.15, -0.1) is 0 Å². The largest absolute Gasteiger partial charge is 0.444 e. The van der Waals surface area contributed by atoms with Gasteiger partial charge in [-0.3, -0.25) is 4.90 Å². The average molecular weight is 333 g/mol. The van der Waals surface area contributed by atoms with Crippen molar-refractivity contribution in [3.63, 3.8) is 0 Å². The Labute approximate surface area is 143 Å². The van der Waals surface area contributed by atoms with Crippen LogP contribution in [0.5, 0.6) is 0 Å². The van der Waals surface area contributed by atoms with Crippen LogP contribution in [0.15, 0.2) is 18.3 Å². The molecule has 1 amide bonds. The van der Waals surface area contributed by atoms with Crippen molar-refractivity contribution in [2.24, 2.45) is 0 Å². The third-order valence-corrected chi connectivity index (χ3v) is 4.48. The molecule has 0 saturated carbocycles. The van der Waals surface area contributed by atoms with Gasteiger partial charge in [0.25, 0.3) is 0 Å². The molecule has 2 fully saturated rings. The number of anilines is 2. The zero-order valence-corrected chi connectivity index (χ0v) is 14.7. The number of piperazine rings is 1. The number of carbonyl (C=O) groups excluding carboxylic acids is 1. The lowest BCUT2D eigenvalue weighted by Gasteiger charge is -2.49. The molecule has 2 N–H and O–H groups in total. The summed E-state index contributed by atoms with van der Waals surface area (Å²) in [6.07, 6.45) is 1.62. The van der Waals surface area contributed by atoms with Crippen molar-refractivity contribution in [3.8, 4) is 0 Å². The zero-order valence-electron chi connectivity index (χ0n) is 14.7. The quantitative estimate of drug-likeness (QED) is 0.882. The predicted octanol–water partition coefficient (Wildman–Crippen LogP) is 1.41. The summed E-state index contributed by atoms with van der Waals surface area (Å²) in [6, 6.07) is 4.39. The number of hydrogen-bond acceptors (Lipinski definition) is 6. The van der Waals surface area contributed by atoms with Crippen molar-refractivity contribution in [2.75, 3.05) is 49.9 Å². The second-order valence-corrected chi connectivity index (χ2v) is 7.50. The Kier molecular flexibility index (Phi) is 4.54. The molecule has 0 bridgehead atoms. The Hall–Kier alpha value is -2.02. The maximum atomic E-state index is 12.1. The summed E-state index contributed by atoms with van der Waals surface area (Å²) in [5.74, 6) is 0.550. The van der Waals surface area contributed by atoms with Crippen molar-refractivity contribution in [1.29, 1.82) is 0 Å². The lowest BCUT2D eigenvalue weighted by Crippen LogP contribution is -2.63. The fourth-order valence-corrected chi connectivity index (χ4v) is 3.08. The summed E-state index contributed by atoms with van der Waals surface area (Å²) in [6.45, 7) is 11.0. The lowest BCUT2D eigenvalue weighted by molar-refractivity contribution is 0.00876. The van der Waals surface area contributed by atoms with Crippen LogP contribution in [-0.4, -0.2) is 71.8 Å². The second-order valence-electron chi connectivity index (χ2n) is 7.50. The minimum atomic E-state index is -0.435. The number of nitrogen functional groups attached to an aromatic ring is 1. The van der Waals surface area contributed by atoms with Gasteiger partial charge >= 0.3 is 6.09 Å². The molecule has 2 aliphatic rings. The van der Waals surface area contributed by atoms with E-state index in [2.05, 4.69) is 14.8 Å². The van der Waals surface area contributed by atoms with E-state index in [1.807, 2.05) is 44.0 Å². The fourth-order valence-electron chi connectivity index (χ4n) is 3.08. The lowest BCUT2D eigenvalue weighted by atomic mass is 10.1. The first-order chi connectivity index (χ1) is 11.3. The molecule has 2 saturated heterocycles. The SMILES string of the molecule is CC(C)(C)OC(=O)N1CCN(C2CN(c3ccc(N)nc3)C2)CC1. The molecule has 0 radical (unpaired) electrons. The average Bonchev–Trinajstić information content (AvgIpc) is 2.46. The van der Waals surface area contributed by atoms with Gasteiger partial charge in [-0.1, -0.05) is 0 Å². The van der Waals surface area contributed by atoms with Gasteiger partial charge in [0.2, 0.25) is 0 Å². The van der Waals surface area contributed by atoms with E-state index < -0.39 is 5.60 Å². The van der Waals surface area contributed by atoms with Gasteiger partial charge in [0.1, 0.15) is 11.4 Å². The predicted molar refractivity (Wildman–Crippen MR) is 94.0 cm³/mol. The fraction of sp³-hybridized carbons (Fsp3) is 0.647. The minimum absolute atomic E-state index is 0.203. The van der Waals surface area contributed by atoms with E-state index >= 15 is 0 Å². The van der Waals surface area contributed by atoms with Crippen molar-refractivity contribution >= 4 is 17.6 Å². The molecule has 0 atom stereocenters. The highest BCUT2D eigenvalue weighted by Gasteiger charge is 2.35. The van der Waals surface area contributed by atoms with Crippen LogP contribution in [0.3, 0.4) is 0 Å². The summed E-state index contributed by atoms with van der Waals surface area (Å²) < 4.78 is 5.44. The maximum absolute atomic E-state index is 12.1. The summed E-state index contributed by atoms with van der Waals surface area (Å²) in [5.41, 5.74) is 6.31. The van der Waals surface area contributed by atoms with Crippen LogP contribution in [0.4, 0.5) is 16.3 Å². The van der Waals surface area contributed by atoms with Crippen LogP contribution in [0, 0.1) is 0 Å². The molecule has 3 rings (SSSR count). The van der Waals surface area contributed by atoms with E-state index in [0.29, 0.717) is 11.9 Å². The van der Waals surface area contributed by atoms with E-state index in [9.17, 15) is 4.79 Å². The Morgan fingerprint density at radius 3 is 2.42 bits per heavy atom. The molecule has 0 spiro atoms. The number of amides is 1. The molecule has 0 aliphatic carbocycles. The Morgan fingerprint density at radius 1 is 1.21 bits per heavy atom. The van der Waals surface area contributed by atoms with Crippen molar-refractivity contribution in [1.82, 2.24) is 14.8 Å². The number of pyridine rings is 1. The van der Waals surface area contributed by atoms with Gasteiger partial charge in [0, 0.05) is 45.3 Å². The summed E-state index contributed by atoms with van der Waals surface area (Å²) in [4.78, 5) is 22.8. The molecule has 1 aromatic rings. The van der Waals surface area contributed by atoms with Gasteiger partial charge in [-0.05, 0) is 32.9 Å². The van der Waals surface area contributed by atoms with Crippen LogP contribution >= 0.6 is 0 Å². The van der Waals surface area contributed by atoms with Crippen LogP contribution in [0.25, 0.3) is 0 Å². The van der Waals surface area contributed by atoms with E-state index in [0.717, 1.165) is 45.0 Å². The summed E-state index contributed by atoms with van der Waals surface area (Å²) in [7, 11) is 0. The first kappa shape index (κ1) is 16.8. The van der Waals surface area contributed by atoms with Crippen LogP contribution in [-0.2, 0) is 4.74 Å². The highest BCUT2D eigenvalue weighted by atomic mass is 16.6. The van der Waals surface area contributed by atoms with E-state index in [-0.39, 0.29) is 6.09 Å². The topological polar surface area (TPSA) is 74.9 Å². The number of nitrogens with two attached hydrogens (primary N) is 1. The molecule has 0 aromatic carbocycles. The number of ether oxygens (including phenoxy) is 1. The molecular weight excluding hydrogens is 306 g/mol. The Bertz CT molecular complexity index is 570. The number of carbonyl (C=O) groups is 1. The van der Waals surface area contributed by atoms with Crippen molar-refractivity contribution in [3.05, 3.63) is 18.3 Å². The molecule has 3 heterocycles. The van der Waals surface area contributed by atoms with Gasteiger partial charge in [0.15, 0.2) is 0 Å². The van der Waals surface area contributed by atoms with E-state index in [1.54, 1.807) is 0 Å². The number of aromatic nitrogens is 1. The molecule has 24 heavy (non-hydrogen) atoms. The zero-order chi connectivity index (χ0) is 17.3. The first-order valence-electron chi connectivity index (χ1n) is 8.50. The van der Waals surface area contributed by atoms with E-state index in [4.69, 9.17) is 10.5 Å². The molecular formula is C17H27N5O2. The van der Waals surface area contributed by atoms with Gasteiger partial charge in [-0.2, -0.15) is 0 Å². The van der Waals surface area contributed by atoms with Crippen molar-refractivity contribution < 1.29 is 9.53 Å². The monoisotopic (exact) mass is 333 g/mol. The molecule has 7 nitrogen and oxygen atoms in total. The highest BCUT2D eigenvalue weighted by molar-refractivity contribution is 5.68. The smallest absolute Gasteiger partial charge is 0.410 e. The number of hydrogen-bond donors (Lipinski definition) is 1. The maximum Gasteiger partial charge on any atom is 0.410 e. The van der Waals surface area contributed by atoms with Gasteiger partial charge in [-0.25, -0.2) is 9.78 Å². The van der Waals surface area contributed by atoms with Crippen LogP contribution in [0.2, 0.25) is 0 Å². The summed E-state index contributed by atoms with van der Waals surface area (Å²) >= 11 is 0. The van der Waals surface area contributed by atoms with Crippen molar-refractivity contribution in [2.45, 2.75) is 32.4 Å². The number of rotatable bonds is 2. The first-order valence-corrected chi connectivity index (χ1v) is 8.50. The second kappa shape index (κ2) is 6.47. The normalized spacial score (nSPS) is 20.0. The third kappa shape index (κ3) is 3.90. The highest BCUT2D eigenvalue weighted by Crippen LogP contribution is 2.24. The standard InChI is InChI=1S/C17H27N5O2/c1-17(2,3)24-16(23)21-8-6-20(7-9-21)14-11-22(12-14)13-4-5-15(18)19-10-13/h4-5,10,14H,6-9,11-12H2,1-3H3,(H2,18,19). The van der Waals surface area contributed by atoms with E-state index in [1.165, 1.54) is 0 Å². The molecule has 7 heteroatoms. The van der Waals surface area contributed by atoms with Crippen LogP contribution < -0.4 is 10.6 Å². The Morgan fingerprint density at radius 2 is 1.88 bits per heavy atom. The number of nitrogens with zero attached hydrogens (tertiary/aromatic N) is 4. The summed E-state index contributed by atoms with van der Waals surface area (Å²) in [5, 5.41) is 0. The molecule has 0 unspecified atom stereocenters. The van der Waals surface area contributed by atoms with Gasteiger partial charge in [0.05, 0.1) is 11.9 Å². The van der Waals surface area contributed by atoms with Gasteiger partial charge < -0.3 is 20.3 Å².